The fourth-order valence-electron chi connectivity index (χ4n) is 6.69. The number of amides is 8. The number of thiol groups is 1. The fourth-order valence-corrected chi connectivity index (χ4v) is 6.94. The Morgan fingerprint density at radius 2 is 1.25 bits per heavy atom. The lowest BCUT2D eigenvalue weighted by atomic mass is 10.1. The standard InChI is InChI=1S/C32H52N12O10S/c33-13-26(48)42-10-2-7-21(42)28(50)41-18(5-1-9-36-32(34)35)29(51)44-12-4-8-22(44)30(52)43-11-3-6-20(43)27(49)39-15-24(46)37-14-23(45)38-16-25(47)40-19(17-55)31(53)54/h18-22,55H,1-17,33H2,(H,37,46)(H,38,45)(H,39,49)(H,40,47)(H,41,50)(H,53,54)(H4,34,35,36)/t18-,19-,20-,21-,22-/m0/s1. The van der Waals surface area contributed by atoms with Crippen LogP contribution in [0.3, 0.4) is 0 Å². The van der Waals surface area contributed by atoms with E-state index in [0.717, 1.165) is 0 Å². The number of nitrogens with one attached hydrogen (secondary N) is 7. The number of nitrogens with two attached hydrogens (primary N) is 2. The second-order valence-corrected chi connectivity index (χ2v) is 13.6. The third-order valence-electron chi connectivity index (χ3n) is 9.44. The number of nitrogens with zero attached hydrogens (tertiary/aromatic N) is 3. The van der Waals surface area contributed by atoms with E-state index in [9.17, 15) is 43.2 Å². The van der Waals surface area contributed by atoms with Gasteiger partial charge in [-0.2, -0.15) is 12.6 Å². The molecule has 3 aliphatic heterocycles. The van der Waals surface area contributed by atoms with Crippen LogP contribution in [0.25, 0.3) is 0 Å². The zero-order chi connectivity index (χ0) is 40.7. The Balaban J connectivity index is 1.56. The largest absolute Gasteiger partial charge is 0.480 e. The van der Waals surface area contributed by atoms with Crippen LogP contribution >= 0.6 is 12.6 Å². The normalized spacial score (nSPS) is 20.2. The SMILES string of the molecule is N=C(N)NCCC[C@H](NC(=O)[C@@H]1CCCN1C(=O)CN)C(=O)N1CCC[C@H]1C(=O)N1CCC[C@H]1C(=O)NCC(=O)NCC(=O)NCC(=O)N[C@@H](CS)C(=O)O. The van der Waals surface area contributed by atoms with Gasteiger partial charge in [0.25, 0.3) is 0 Å². The summed E-state index contributed by atoms with van der Waals surface area (Å²) in [6.07, 6.45) is 3.11. The molecule has 3 aliphatic rings. The second kappa shape index (κ2) is 21.6. The van der Waals surface area contributed by atoms with E-state index >= 15 is 0 Å². The van der Waals surface area contributed by atoms with E-state index in [1.807, 2.05) is 0 Å². The van der Waals surface area contributed by atoms with Crippen LogP contribution in [0.1, 0.15) is 51.4 Å². The maximum atomic E-state index is 14.0. The summed E-state index contributed by atoms with van der Waals surface area (Å²) in [4.78, 5) is 118. The Hall–Kier alpha value is -5.19. The number of guanidine groups is 1. The molecule has 0 bridgehead atoms. The first-order chi connectivity index (χ1) is 26.2. The van der Waals surface area contributed by atoms with Crippen molar-refractivity contribution in [1.82, 2.24) is 46.6 Å². The number of hydrogen-bond donors (Lipinski definition) is 11. The van der Waals surface area contributed by atoms with Crippen molar-refractivity contribution in [2.75, 3.05) is 58.1 Å². The number of carbonyl (C=O) groups is 9. The summed E-state index contributed by atoms with van der Waals surface area (Å²) < 4.78 is 0. The minimum absolute atomic E-state index is 0.150. The number of carboxylic acid groups (broad SMARTS) is 1. The number of aliphatic carboxylic acids is 1. The van der Waals surface area contributed by atoms with Gasteiger partial charge in [-0.25, -0.2) is 4.79 Å². The maximum Gasteiger partial charge on any atom is 0.327 e. The van der Waals surface area contributed by atoms with Gasteiger partial charge in [0, 0.05) is 31.9 Å². The molecule has 23 heteroatoms. The van der Waals surface area contributed by atoms with Gasteiger partial charge in [-0.3, -0.25) is 43.8 Å². The molecule has 0 radical (unpaired) electrons. The summed E-state index contributed by atoms with van der Waals surface area (Å²) in [6.45, 7) is -0.767. The monoisotopic (exact) mass is 796 g/mol. The first-order valence-corrected chi connectivity index (χ1v) is 18.7. The number of carbonyl (C=O) groups excluding carboxylic acids is 8. The van der Waals surface area contributed by atoms with Crippen LogP contribution in [-0.4, -0.2) is 167 Å². The molecule has 3 rings (SSSR count). The van der Waals surface area contributed by atoms with Crippen molar-refractivity contribution in [2.45, 2.75) is 81.6 Å². The number of carboxylic acids is 1. The van der Waals surface area contributed by atoms with E-state index in [1.165, 1.54) is 14.7 Å². The van der Waals surface area contributed by atoms with Gasteiger partial charge in [0.2, 0.25) is 47.3 Å². The van der Waals surface area contributed by atoms with Crippen molar-refractivity contribution in [3.63, 3.8) is 0 Å². The van der Waals surface area contributed by atoms with E-state index in [-0.39, 0.29) is 50.2 Å². The molecule has 3 saturated heterocycles. The van der Waals surface area contributed by atoms with Crippen molar-refractivity contribution in [3.8, 4) is 0 Å². The average Bonchev–Trinajstić information content (AvgIpc) is 3.96. The van der Waals surface area contributed by atoms with Crippen molar-refractivity contribution in [2.24, 2.45) is 11.5 Å². The summed E-state index contributed by atoms with van der Waals surface area (Å²) >= 11 is 3.83. The molecule has 0 aromatic rings. The molecular weight excluding hydrogens is 744 g/mol. The zero-order valence-electron chi connectivity index (χ0n) is 30.5. The first kappa shape index (κ1) is 44.2. The maximum absolute atomic E-state index is 14.0. The molecule has 0 aromatic carbocycles. The van der Waals surface area contributed by atoms with Crippen LogP contribution in [0.15, 0.2) is 0 Å². The molecule has 5 atom stereocenters. The molecule has 22 nitrogen and oxygen atoms in total. The summed E-state index contributed by atoms with van der Waals surface area (Å²) in [5.41, 5.74) is 10.9. The lowest BCUT2D eigenvalue weighted by Gasteiger charge is -2.33. The van der Waals surface area contributed by atoms with Gasteiger partial charge in [-0.05, 0) is 51.4 Å². The van der Waals surface area contributed by atoms with Crippen LogP contribution in [0, 0.1) is 5.41 Å². The minimum atomic E-state index is -1.29. The minimum Gasteiger partial charge on any atom is -0.480 e. The van der Waals surface area contributed by atoms with E-state index in [0.29, 0.717) is 51.5 Å². The fraction of sp³-hybridized carbons (Fsp3) is 0.688. The predicted molar refractivity (Wildman–Crippen MR) is 197 cm³/mol. The summed E-state index contributed by atoms with van der Waals surface area (Å²) in [6, 6.07) is -4.92. The molecule has 0 aromatic heterocycles. The van der Waals surface area contributed by atoms with Crippen LogP contribution in [-0.2, 0) is 43.2 Å². The van der Waals surface area contributed by atoms with Crippen LogP contribution in [0.4, 0.5) is 0 Å². The zero-order valence-corrected chi connectivity index (χ0v) is 31.4. The van der Waals surface area contributed by atoms with Gasteiger partial charge >= 0.3 is 5.97 Å². The molecule has 12 N–H and O–H groups in total. The highest BCUT2D eigenvalue weighted by Gasteiger charge is 2.44. The van der Waals surface area contributed by atoms with Gasteiger partial charge < -0.3 is 63.2 Å². The third-order valence-corrected chi connectivity index (χ3v) is 9.81. The Morgan fingerprint density at radius 1 is 0.709 bits per heavy atom. The van der Waals surface area contributed by atoms with Crippen molar-refractivity contribution in [1.29, 1.82) is 5.41 Å². The summed E-state index contributed by atoms with van der Waals surface area (Å²) in [7, 11) is 0. The number of likely N-dealkylation sites (tertiary alicyclic amines) is 3. The highest BCUT2D eigenvalue weighted by Crippen LogP contribution is 2.26. The quantitative estimate of drug-likeness (QED) is 0.0252. The topological polar surface area (TPSA) is 332 Å². The Labute approximate surface area is 322 Å². The molecule has 0 saturated carbocycles. The van der Waals surface area contributed by atoms with Gasteiger partial charge in [-0.15, -0.1) is 0 Å². The van der Waals surface area contributed by atoms with Gasteiger partial charge in [0.1, 0.15) is 30.2 Å². The van der Waals surface area contributed by atoms with Crippen LogP contribution < -0.4 is 43.4 Å². The number of hydrogen-bond acceptors (Lipinski definition) is 12. The molecule has 3 heterocycles. The molecule has 306 valence electrons. The van der Waals surface area contributed by atoms with Gasteiger partial charge in [0.05, 0.1) is 26.2 Å². The molecule has 0 aliphatic carbocycles. The van der Waals surface area contributed by atoms with E-state index < -0.39 is 97.2 Å². The van der Waals surface area contributed by atoms with Gasteiger partial charge in [0.15, 0.2) is 5.96 Å². The summed E-state index contributed by atoms with van der Waals surface area (Å²) in [5, 5.41) is 31.0. The Kier molecular flexibility index (Phi) is 17.4. The van der Waals surface area contributed by atoms with Crippen molar-refractivity contribution >= 4 is 71.8 Å². The van der Waals surface area contributed by atoms with Crippen molar-refractivity contribution < 1.29 is 48.3 Å². The van der Waals surface area contributed by atoms with E-state index in [2.05, 4.69) is 44.5 Å². The third kappa shape index (κ3) is 13.0. The first-order valence-electron chi connectivity index (χ1n) is 18.1. The molecule has 8 amide bonds. The highest BCUT2D eigenvalue weighted by molar-refractivity contribution is 7.80. The van der Waals surface area contributed by atoms with Crippen LogP contribution in [0.2, 0.25) is 0 Å². The van der Waals surface area contributed by atoms with Crippen LogP contribution in [0.5, 0.6) is 0 Å². The highest BCUT2D eigenvalue weighted by atomic mass is 32.1. The summed E-state index contributed by atoms with van der Waals surface area (Å²) in [5.74, 6) is -6.39. The average molecular weight is 797 g/mol. The Morgan fingerprint density at radius 3 is 1.84 bits per heavy atom. The number of rotatable bonds is 19. The lowest BCUT2D eigenvalue weighted by molar-refractivity contribution is -0.148. The molecule has 3 fully saturated rings. The van der Waals surface area contributed by atoms with E-state index in [4.69, 9.17) is 22.0 Å². The smallest absolute Gasteiger partial charge is 0.327 e. The molecule has 0 spiro atoms. The second-order valence-electron chi connectivity index (χ2n) is 13.3. The lowest BCUT2D eigenvalue weighted by Crippen LogP contribution is -2.58. The molecular formula is C32H52N12O10S. The molecule has 0 unspecified atom stereocenters. The Bertz CT molecular complexity index is 1480. The molecule has 55 heavy (non-hydrogen) atoms. The van der Waals surface area contributed by atoms with E-state index in [1.54, 1.807) is 0 Å². The van der Waals surface area contributed by atoms with Crippen molar-refractivity contribution in [3.05, 3.63) is 0 Å². The van der Waals surface area contributed by atoms with Gasteiger partial charge in [-0.1, -0.05) is 0 Å². The predicted octanol–water partition coefficient (Wildman–Crippen LogP) is -5.49.